The van der Waals surface area contributed by atoms with Crippen LogP contribution in [0.3, 0.4) is 0 Å². The van der Waals surface area contributed by atoms with Gasteiger partial charge in [-0.15, -0.1) is 0 Å². The molecule has 0 saturated heterocycles. The molecule has 1 amide bonds. The highest BCUT2D eigenvalue weighted by Crippen LogP contribution is 2.15. The first kappa shape index (κ1) is 36.9. The van der Waals surface area contributed by atoms with Gasteiger partial charge in [0, 0.05) is 19.4 Å². The lowest BCUT2D eigenvalue weighted by Gasteiger charge is -2.06. The summed E-state index contributed by atoms with van der Waals surface area (Å²) in [6, 6.07) is 0. The first-order valence-corrected chi connectivity index (χ1v) is 17.1. The van der Waals surface area contributed by atoms with Crippen LogP contribution >= 0.6 is 0 Å². The van der Waals surface area contributed by atoms with Crippen molar-refractivity contribution in [2.45, 2.75) is 200 Å². The number of carbonyl (C=O) groups is 2. The Morgan fingerprint density at radius 1 is 0.421 bits per heavy atom. The molecule has 0 unspecified atom stereocenters. The Morgan fingerprint density at radius 2 is 0.711 bits per heavy atom. The first-order valence-electron chi connectivity index (χ1n) is 17.1. The largest absolute Gasteiger partial charge is 0.481 e. The number of rotatable bonds is 32. The number of hydrogen-bond acceptors (Lipinski definition) is 2. The Hall–Kier alpha value is -1.06. The predicted molar refractivity (Wildman–Crippen MR) is 165 cm³/mol. The molecule has 0 aliphatic rings. The molecule has 38 heavy (non-hydrogen) atoms. The Bertz CT molecular complexity index is 494. The fraction of sp³-hybridized carbons (Fsp3) is 0.941. The van der Waals surface area contributed by atoms with Crippen molar-refractivity contribution in [3.05, 3.63) is 0 Å². The lowest BCUT2D eigenvalue weighted by atomic mass is 10.0. The maximum Gasteiger partial charge on any atom is 0.303 e. The number of carboxylic acids is 1. The zero-order chi connectivity index (χ0) is 27.8. The number of amides is 1. The van der Waals surface area contributed by atoms with Crippen molar-refractivity contribution in [3.63, 3.8) is 0 Å². The molecule has 0 aliphatic heterocycles. The maximum absolute atomic E-state index is 12.0. The van der Waals surface area contributed by atoms with Crippen molar-refractivity contribution < 1.29 is 14.7 Å². The van der Waals surface area contributed by atoms with Gasteiger partial charge in [0.15, 0.2) is 0 Å². The van der Waals surface area contributed by atoms with E-state index in [0.29, 0.717) is 12.8 Å². The normalized spacial score (nSPS) is 11.2. The molecule has 4 nitrogen and oxygen atoms in total. The fourth-order valence-electron chi connectivity index (χ4n) is 5.32. The van der Waals surface area contributed by atoms with Gasteiger partial charge in [0.05, 0.1) is 0 Å². The minimum atomic E-state index is -0.678. The average molecular weight is 538 g/mol. The van der Waals surface area contributed by atoms with Crippen LogP contribution in [0.4, 0.5) is 0 Å². The zero-order valence-electron chi connectivity index (χ0n) is 25.7. The number of hydrogen-bond donors (Lipinski definition) is 2. The second-order valence-corrected chi connectivity index (χ2v) is 11.8. The highest BCUT2D eigenvalue weighted by molar-refractivity contribution is 5.75. The van der Waals surface area contributed by atoms with E-state index in [0.717, 1.165) is 38.6 Å². The lowest BCUT2D eigenvalue weighted by molar-refractivity contribution is -0.137. The molecule has 0 aromatic rings. The summed E-state index contributed by atoms with van der Waals surface area (Å²) in [4.78, 5) is 22.4. The van der Waals surface area contributed by atoms with Gasteiger partial charge in [-0.2, -0.15) is 0 Å². The van der Waals surface area contributed by atoms with Gasteiger partial charge < -0.3 is 10.4 Å². The number of carboxylic acid groups (broad SMARTS) is 1. The van der Waals surface area contributed by atoms with E-state index in [1.807, 2.05) is 0 Å². The number of nitrogens with one attached hydrogen (secondary N) is 1. The summed E-state index contributed by atoms with van der Waals surface area (Å²) in [7, 11) is 0. The molecule has 0 heterocycles. The summed E-state index contributed by atoms with van der Waals surface area (Å²) in [5, 5.41) is 11.7. The molecule has 0 aliphatic carbocycles. The van der Waals surface area contributed by atoms with E-state index in [-0.39, 0.29) is 5.91 Å². The molecule has 0 aromatic carbocycles. The van der Waals surface area contributed by atoms with Gasteiger partial charge in [-0.1, -0.05) is 167 Å². The van der Waals surface area contributed by atoms with E-state index < -0.39 is 5.97 Å². The first-order chi connectivity index (χ1) is 18.7. The van der Waals surface area contributed by atoms with Crippen LogP contribution in [-0.2, 0) is 9.59 Å². The summed E-state index contributed by atoms with van der Waals surface area (Å²) in [5.41, 5.74) is 0. The van der Waals surface area contributed by atoms with Gasteiger partial charge in [0.2, 0.25) is 5.91 Å². The summed E-state index contributed by atoms with van der Waals surface area (Å²) in [5.74, 6) is -0.444. The summed E-state index contributed by atoms with van der Waals surface area (Å²) in [6.07, 6.45) is 37.5. The van der Waals surface area contributed by atoms with E-state index in [2.05, 4.69) is 12.2 Å². The molecule has 2 N–H and O–H groups in total. The SMILES string of the molecule is CCCCCCCCCCCCCCCCCCCCCC(=O)NCCCCCCCCCCCC(=O)O. The van der Waals surface area contributed by atoms with E-state index in [4.69, 9.17) is 5.11 Å². The molecular weight excluding hydrogens is 470 g/mol. The number of aliphatic carboxylic acids is 1. The monoisotopic (exact) mass is 538 g/mol. The summed E-state index contributed by atoms with van der Waals surface area (Å²) in [6.45, 7) is 3.12. The average Bonchev–Trinajstić information content (AvgIpc) is 2.90. The Balaban J connectivity index is 3.15. The molecule has 0 rings (SSSR count). The van der Waals surface area contributed by atoms with Crippen LogP contribution in [0, 0.1) is 0 Å². The molecule has 0 spiro atoms. The van der Waals surface area contributed by atoms with E-state index in [1.54, 1.807) is 0 Å². The molecule has 4 heteroatoms. The third kappa shape index (κ3) is 33.0. The van der Waals surface area contributed by atoms with E-state index >= 15 is 0 Å². The van der Waals surface area contributed by atoms with Crippen LogP contribution in [-0.4, -0.2) is 23.5 Å². The topological polar surface area (TPSA) is 66.4 Å². The van der Waals surface area contributed by atoms with Crippen LogP contribution < -0.4 is 5.32 Å². The maximum atomic E-state index is 12.0. The van der Waals surface area contributed by atoms with Crippen LogP contribution in [0.2, 0.25) is 0 Å². The Kier molecular flexibility index (Phi) is 31.3. The smallest absolute Gasteiger partial charge is 0.303 e. The Morgan fingerprint density at radius 3 is 1.05 bits per heavy atom. The van der Waals surface area contributed by atoms with E-state index in [9.17, 15) is 9.59 Å². The van der Waals surface area contributed by atoms with E-state index in [1.165, 1.54) is 148 Å². The minimum absolute atomic E-state index is 0.235. The minimum Gasteiger partial charge on any atom is -0.481 e. The van der Waals surface area contributed by atoms with Crippen molar-refractivity contribution in [1.29, 1.82) is 0 Å². The highest BCUT2D eigenvalue weighted by Gasteiger charge is 2.01. The molecule has 0 bridgehead atoms. The molecule has 0 aromatic heterocycles. The zero-order valence-corrected chi connectivity index (χ0v) is 25.7. The summed E-state index contributed by atoms with van der Waals surface area (Å²) < 4.78 is 0. The fourth-order valence-corrected chi connectivity index (χ4v) is 5.32. The van der Waals surface area contributed by atoms with Gasteiger partial charge in [-0.25, -0.2) is 0 Å². The highest BCUT2D eigenvalue weighted by atomic mass is 16.4. The number of unbranched alkanes of at least 4 members (excludes halogenated alkanes) is 26. The summed E-state index contributed by atoms with van der Waals surface area (Å²) >= 11 is 0. The van der Waals surface area contributed by atoms with Gasteiger partial charge in [0.25, 0.3) is 0 Å². The molecule has 0 fully saturated rings. The van der Waals surface area contributed by atoms with Crippen molar-refractivity contribution >= 4 is 11.9 Å². The van der Waals surface area contributed by atoms with Crippen molar-refractivity contribution in [3.8, 4) is 0 Å². The van der Waals surface area contributed by atoms with Crippen LogP contribution in [0.25, 0.3) is 0 Å². The van der Waals surface area contributed by atoms with Crippen molar-refractivity contribution in [2.24, 2.45) is 0 Å². The van der Waals surface area contributed by atoms with Crippen molar-refractivity contribution in [1.82, 2.24) is 5.32 Å². The molecule has 0 saturated carbocycles. The van der Waals surface area contributed by atoms with Crippen molar-refractivity contribution in [2.75, 3.05) is 6.54 Å². The van der Waals surface area contributed by atoms with Gasteiger partial charge in [0.1, 0.15) is 0 Å². The molecule has 0 atom stereocenters. The van der Waals surface area contributed by atoms with Gasteiger partial charge >= 0.3 is 5.97 Å². The predicted octanol–water partition coefficient (Wildman–Crippen LogP) is 10.9. The second-order valence-electron chi connectivity index (χ2n) is 11.8. The standard InChI is InChI=1S/C34H67NO3/c1-2-3-4-5-6-7-8-9-10-11-12-13-14-15-16-18-21-24-27-30-33(36)35-32-29-26-23-20-17-19-22-25-28-31-34(37)38/h2-32H2,1H3,(H,35,36)(H,37,38). The molecule has 0 radical (unpaired) electrons. The number of carbonyl (C=O) groups excluding carboxylic acids is 1. The second kappa shape index (κ2) is 32.2. The quantitative estimate of drug-likeness (QED) is 0.0838. The van der Waals surface area contributed by atoms with Crippen LogP contribution in [0.15, 0.2) is 0 Å². The molecular formula is C34H67NO3. The van der Waals surface area contributed by atoms with Crippen LogP contribution in [0.1, 0.15) is 200 Å². The third-order valence-electron chi connectivity index (χ3n) is 7.90. The van der Waals surface area contributed by atoms with Gasteiger partial charge in [-0.3, -0.25) is 9.59 Å². The Labute approximate surface area is 237 Å². The lowest BCUT2D eigenvalue weighted by Crippen LogP contribution is -2.23. The molecule has 226 valence electrons. The van der Waals surface area contributed by atoms with Crippen LogP contribution in [0.5, 0.6) is 0 Å². The third-order valence-corrected chi connectivity index (χ3v) is 7.90. The van der Waals surface area contributed by atoms with Gasteiger partial charge in [-0.05, 0) is 19.3 Å².